The van der Waals surface area contributed by atoms with E-state index in [1.54, 1.807) is 0 Å². The molecule has 0 fully saturated rings. The van der Waals surface area contributed by atoms with Crippen molar-refractivity contribution < 1.29 is 0 Å². The van der Waals surface area contributed by atoms with Crippen LogP contribution in [0.25, 0.3) is 0 Å². The Labute approximate surface area is 79.2 Å². The Morgan fingerprint density at radius 1 is 1.09 bits per heavy atom. The molecule has 0 saturated carbocycles. The van der Waals surface area contributed by atoms with Gasteiger partial charge in [-0.3, -0.25) is 0 Å². The number of allylic oxidation sites excluding steroid dienone is 1. The maximum Gasteiger partial charge on any atom is 0.00346 e. The lowest BCUT2D eigenvalue weighted by Crippen LogP contribution is -1.86. The van der Waals surface area contributed by atoms with E-state index in [9.17, 15) is 0 Å². The molecule has 0 bridgehead atoms. The van der Waals surface area contributed by atoms with Crippen LogP contribution in [0.5, 0.6) is 0 Å². The molecule has 0 aromatic rings. The van der Waals surface area contributed by atoms with Gasteiger partial charge >= 0.3 is 0 Å². The van der Waals surface area contributed by atoms with E-state index in [1.807, 2.05) is 23.5 Å². The molecule has 0 aliphatic carbocycles. The van der Waals surface area contributed by atoms with Crippen LogP contribution in [0, 0.1) is 0 Å². The normalized spacial score (nSPS) is 13.2. The summed E-state index contributed by atoms with van der Waals surface area (Å²) in [6.07, 6.45) is 0. The minimum atomic E-state index is 0.706. The van der Waals surface area contributed by atoms with Gasteiger partial charge in [-0.1, -0.05) is 27.7 Å². The van der Waals surface area contributed by atoms with Crippen LogP contribution in [0.15, 0.2) is 10.3 Å². The fourth-order valence-corrected chi connectivity index (χ4v) is 2.23. The topological polar surface area (TPSA) is 0 Å². The lowest BCUT2D eigenvalue weighted by atomic mass is 10.6. The van der Waals surface area contributed by atoms with E-state index in [0.717, 1.165) is 0 Å². The van der Waals surface area contributed by atoms with E-state index in [4.69, 9.17) is 0 Å². The van der Waals surface area contributed by atoms with Gasteiger partial charge in [0.1, 0.15) is 0 Å². The second-order valence-electron chi connectivity index (χ2n) is 3.08. The van der Waals surface area contributed by atoms with Gasteiger partial charge in [0.2, 0.25) is 0 Å². The van der Waals surface area contributed by atoms with Crippen molar-refractivity contribution in [1.29, 1.82) is 0 Å². The van der Waals surface area contributed by atoms with Crippen LogP contribution in [-0.2, 0) is 0 Å². The molecule has 0 unspecified atom stereocenters. The van der Waals surface area contributed by atoms with E-state index >= 15 is 0 Å². The Morgan fingerprint density at radius 3 is 2.00 bits per heavy atom. The zero-order valence-electron chi connectivity index (χ0n) is 8.05. The summed E-state index contributed by atoms with van der Waals surface area (Å²) in [4.78, 5) is 1.43. The van der Waals surface area contributed by atoms with Crippen molar-refractivity contribution in [2.75, 3.05) is 0 Å². The minimum Gasteiger partial charge on any atom is -0.130 e. The smallest absolute Gasteiger partial charge is 0.00346 e. The van der Waals surface area contributed by atoms with Crippen molar-refractivity contribution in [3.05, 3.63) is 10.3 Å². The predicted molar refractivity (Wildman–Crippen MR) is 59.2 cm³/mol. The van der Waals surface area contributed by atoms with Gasteiger partial charge in [0, 0.05) is 10.5 Å². The van der Waals surface area contributed by atoms with Gasteiger partial charge in [-0.2, -0.15) is 0 Å². The van der Waals surface area contributed by atoms with Crippen LogP contribution in [-0.4, -0.2) is 10.5 Å². The second kappa shape index (κ2) is 6.01. The van der Waals surface area contributed by atoms with Gasteiger partial charge in [-0.05, 0) is 17.2 Å². The standard InChI is InChI=1S/C9H18S2/c1-7(2)10-6-9(5)11-8(3)4/h6-8H,1-5H3. The van der Waals surface area contributed by atoms with E-state index in [1.165, 1.54) is 4.91 Å². The van der Waals surface area contributed by atoms with Gasteiger partial charge in [0.15, 0.2) is 0 Å². The Morgan fingerprint density at radius 2 is 1.64 bits per heavy atom. The van der Waals surface area contributed by atoms with Crippen LogP contribution in [0.2, 0.25) is 0 Å². The molecular formula is C9H18S2. The lowest BCUT2D eigenvalue weighted by molar-refractivity contribution is 1.12. The Balaban J connectivity index is 3.63. The number of hydrogen-bond acceptors (Lipinski definition) is 2. The second-order valence-corrected chi connectivity index (χ2v) is 6.35. The third kappa shape index (κ3) is 8.35. The highest BCUT2D eigenvalue weighted by atomic mass is 32.2. The van der Waals surface area contributed by atoms with Crippen molar-refractivity contribution >= 4 is 23.5 Å². The highest BCUT2D eigenvalue weighted by molar-refractivity contribution is 8.06. The summed E-state index contributed by atoms with van der Waals surface area (Å²) in [5, 5.41) is 3.67. The van der Waals surface area contributed by atoms with Crippen LogP contribution in [0.3, 0.4) is 0 Å². The van der Waals surface area contributed by atoms with Gasteiger partial charge in [-0.25, -0.2) is 0 Å². The molecular weight excluding hydrogens is 172 g/mol. The molecule has 11 heavy (non-hydrogen) atoms. The highest BCUT2D eigenvalue weighted by Gasteiger charge is 1.96. The average molecular weight is 190 g/mol. The van der Waals surface area contributed by atoms with Crippen LogP contribution < -0.4 is 0 Å². The highest BCUT2D eigenvalue weighted by Crippen LogP contribution is 2.24. The molecule has 0 N–H and O–H groups in total. The monoisotopic (exact) mass is 190 g/mol. The summed E-state index contributed by atoms with van der Waals surface area (Å²) in [5.41, 5.74) is 0. The molecule has 0 rings (SSSR count). The van der Waals surface area contributed by atoms with Crippen molar-refractivity contribution in [2.24, 2.45) is 0 Å². The Kier molecular flexibility index (Phi) is 6.25. The zero-order chi connectivity index (χ0) is 8.85. The molecule has 0 saturated heterocycles. The summed E-state index contributed by atoms with van der Waals surface area (Å²) in [6, 6.07) is 0. The molecule has 0 aromatic heterocycles. The number of rotatable bonds is 4. The fraction of sp³-hybridized carbons (Fsp3) is 0.778. The van der Waals surface area contributed by atoms with E-state index in [2.05, 4.69) is 40.0 Å². The van der Waals surface area contributed by atoms with Crippen molar-refractivity contribution in [1.82, 2.24) is 0 Å². The van der Waals surface area contributed by atoms with Crippen LogP contribution in [0.1, 0.15) is 34.6 Å². The third-order valence-corrected chi connectivity index (χ3v) is 3.07. The predicted octanol–water partition coefficient (Wildman–Crippen LogP) is 4.13. The Bertz CT molecular complexity index is 126. The molecule has 0 radical (unpaired) electrons. The molecule has 0 heterocycles. The third-order valence-electron chi connectivity index (χ3n) is 0.928. The first-order chi connectivity index (χ1) is 5.02. The van der Waals surface area contributed by atoms with Gasteiger partial charge in [0.05, 0.1) is 0 Å². The lowest BCUT2D eigenvalue weighted by Gasteiger charge is -2.05. The van der Waals surface area contributed by atoms with Crippen molar-refractivity contribution in [3.63, 3.8) is 0 Å². The summed E-state index contributed by atoms with van der Waals surface area (Å²) >= 11 is 3.84. The number of hydrogen-bond donors (Lipinski definition) is 0. The molecule has 66 valence electrons. The maximum atomic E-state index is 2.26. The molecule has 0 aliphatic rings. The van der Waals surface area contributed by atoms with Gasteiger partial charge in [-0.15, -0.1) is 23.5 Å². The summed E-state index contributed by atoms with van der Waals surface area (Å²) in [6.45, 7) is 11.1. The molecule has 0 nitrogen and oxygen atoms in total. The first-order valence-electron chi connectivity index (χ1n) is 4.01. The van der Waals surface area contributed by atoms with E-state index in [-0.39, 0.29) is 0 Å². The molecule has 0 aromatic carbocycles. The van der Waals surface area contributed by atoms with Crippen molar-refractivity contribution in [2.45, 2.75) is 45.1 Å². The van der Waals surface area contributed by atoms with Crippen molar-refractivity contribution in [3.8, 4) is 0 Å². The van der Waals surface area contributed by atoms with Gasteiger partial charge in [0.25, 0.3) is 0 Å². The van der Waals surface area contributed by atoms with Crippen LogP contribution in [0.4, 0.5) is 0 Å². The first kappa shape index (κ1) is 11.4. The quantitative estimate of drug-likeness (QED) is 0.653. The molecule has 0 spiro atoms. The average Bonchev–Trinajstić information content (AvgIpc) is 1.82. The summed E-state index contributed by atoms with van der Waals surface area (Å²) in [5.74, 6) is 0. The first-order valence-corrected chi connectivity index (χ1v) is 5.83. The molecule has 0 amide bonds. The van der Waals surface area contributed by atoms with E-state index < -0.39 is 0 Å². The van der Waals surface area contributed by atoms with E-state index in [0.29, 0.717) is 10.5 Å². The summed E-state index contributed by atoms with van der Waals surface area (Å²) < 4.78 is 0. The van der Waals surface area contributed by atoms with Crippen LogP contribution >= 0.6 is 23.5 Å². The largest absolute Gasteiger partial charge is 0.130 e. The molecule has 0 atom stereocenters. The summed E-state index contributed by atoms with van der Waals surface area (Å²) in [7, 11) is 0. The number of thioether (sulfide) groups is 2. The van der Waals surface area contributed by atoms with Gasteiger partial charge < -0.3 is 0 Å². The fourth-order valence-electron chi connectivity index (χ4n) is 0.631. The maximum absolute atomic E-state index is 2.26. The minimum absolute atomic E-state index is 0.706. The Hall–Kier alpha value is 0.440. The molecule has 2 heteroatoms. The SMILES string of the molecule is CC(=CSC(C)C)SC(C)C. The zero-order valence-corrected chi connectivity index (χ0v) is 9.68. The molecule has 0 aliphatic heterocycles.